The summed E-state index contributed by atoms with van der Waals surface area (Å²) < 4.78 is 0. The maximum absolute atomic E-state index is 5.50. The van der Waals surface area contributed by atoms with E-state index in [1.165, 1.54) is 11.1 Å². The summed E-state index contributed by atoms with van der Waals surface area (Å²) in [4.78, 5) is 8.58. The highest BCUT2D eigenvalue weighted by Gasteiger charge is 1.99. The first-order valence-electron chi connectivity index (χ1n) is 6.59. The number of rotatable bonds is 6. The van der Waals surface area contributed by atoms with Gasteiger partial charge in [0.15, 0.2) is 0 Å². The second-order valence-electron chi connectivity index (χ2n) is 4.56. The van der Waals surface area contributed by atoms with Crippen LogP contribution in [0.4, 0.5) is 5.82 Å². The van der Waals surface area contributed by atoms with E-state index in [-0.39, 0.29) is 0 Å². The molecule has 1 aromatic heterocycles. The van der Waals surface area contributed by atoms with Gasteiger partial charge in [-0.05, 0) is 31.5 Å². The van der Waals surface area contributed by atoms with Crippen molar-refractivity contribution in [3.8, 4) is 0 Å². The minimum atomic E-state index is 0.576. The van der Waals surface area contributed by atoms with Crippen molar-refractivity contribution < 1.29 is 0 Å². The summed E-state index contributed by atoms with van der Waals surface area (Å²) in [6, 6.07) is 10.4. The lowest BCUT2D eigenvalue weighted by atomic mass is 10.1. The fourth-order valence-corrected chi connectivity index (χ4v) is 1.95. The Morgan fingerprint density at radius 2 is 2.11 bits per heavy atom. The molecule has 2 aromatic rings. The molecule has 19 heavy (non-hydrogen) atoms. The second-order valence-corrected chi connectivity index (χ2v) is 4.56. The third-order valence-corrected chi connectivity index (χ3v) is 2.88. The third kappa shape index (κ3) is 4.34. The van der Waals surface area contributed by atoms with Crippen molar-refractivity contribution >= 4 is 5.82 Å². The van der Waals surface area contributed by atoms with Crippen LogP contribution in [-0.2, 0) is 12.8 Å². The van der Waals surface area contributed by atoms with Gasteiger partial charge >= 0.3 is 0 Å². The van der Waals surface area contributed by atoms with Crippen LogP contribution in [0.5, 0.6) is 0 Å². The van der Waals surface area contributed by atoms with Crippen LogP contribution < -0.4 is 11.1 Å². The summed E-state index contributed by atoms with van der Waals surface area (Å²) in [5.41, 5.74) is 8.13. The molecule has 1 aromatic carbocycles. The van der Waals surface area contributed by atoms with Gasteiger partial charge < -0.3 is 11.1 Å². The Morgan fingerprint density at radius 1 is 1.21 bits per heavy atom. The number of nitrogens with one attached hydrogen (secondary N) is 1. The molecule has 0 bridgehead atoms. The number of hydrogen-bond donors (Lipinski definition) is 2. The average molecular weight is 256 g/mol. The van der Waals surface area contributed by atoms with E-state index in [0.717, 1.165) is 24.6 Å². The maximum Gasteiger partial charge on any atom is 0.131 e. The monoisotopic (exact) mass is 256 g/mol. The van der Waals surface area contributed by atoms with Gasteiger partial charge in [-0.3, -0.25) is 0 Å². The second kappa shape index (κ2) is 6.85. The van der Waals surface area contributed by atoms with E-state index in [1.807, 2.05) is 6.07 Å². The summed E-state index contributed by atoms with van der Waals surface area (Å²) in [6.45, 7) is 3.55. The molecule has 0 saturated carbocycles. The number of aromatic nitrogens is 2. The molecule has 0 aliphatic carbocycles. The number of nitrogens with zero attached hydrogens (tertiary/aromatic N) is 2. The van der Waals surface area contributed by atoms with Gasteiger partial charge in [-0.2, -0.15) is 0 Å². The van der Waals surface area contributed by atoms with Crippen molar-refractivity contribution in [2.75, 3.05) is 18.4 Å². The first kappa shape index (κ1) is 13.5. The standard InChI is InChI=1S/C15H20N4/c1-12-3-2-4-13(11-12)6-9-17-15-7-10-18-14(19-15)5-8-16/h2-4,7,10-11H,5-6,8-9,16H2,1H3,(H,17,18,19). The Labute approximate surface area is 114 Å². The lowest BCUT2D eigenvalue weighted by Crippen LogP contribution is -2.10. The van der Waals surface area contributed by atoms with Crippen molar-refractivity contribution in [3.63, 3.8) is 0 Å². The highest BCUT2D eigenvalue weighted by atomic mass is 15.0. The van der Waals surface area contributed by atoms with Gasteiger partial charge in [0, 0.05) is 19.2 Å². The lowest BCUT2D eigenvalue weighted by molar-refractivity contribution is 0.864. The number of benzene rings is 1. The molecular weight excluding hydrogens is 236 g/mol. The minimum absolute atomic E-state index is 0.576. The van der Waals surface area contributed by atoms with Crippen LogP contribution in [-0.4, -0.2) is 23.1 Å². The summed E-state index contributed by atoms with van der Waals surface area (Å²) in [5.74, 6) is 1.66. The van der Waals surface area contributed by atoms with Gasteiger partial charge in [-0.15, -0.1) is 0 Å². The molecule has 0 saturated heterocycles. The third-order valence-electron chi connectivity index (χ3n) is 2.88. The Hall–Kier alpha value is -1.94. The molecule has 0 fully saturated rings. The summed E-state index contributed by atoms with van der Waals surface area (Å²) in [6.07, 6.45) is 3.47. The highest BCUT2D eigenvalue weighted by molar-refractivity contribution is 5.33. The Bertz CT molecular complexity index is 525. The van der Waals surface area contributed by atoms with Crippen molar-refractivity contribution in [3.05, 3.63) is 53.5 Å². The molecular formula is C15H20N4. The van der Waals surface area contributed by atoms with Gasteiger partial charge in [-0.25, -0.2) is 9.97 Å². The quantitative estimate of drug-likeness (QED) is 0.829. The zero-order chi connectivity index (χ0) is 13.5. The zero-order valence-electron chi connectivity index (χ0n) is 11.3. The van der Waals surface area contributed by atoms with Crippen LogP contribution in [0.25, 0.3) is 0 Å². The van der Waals surface area contributed by atoms with Crippen LogP contribution in [0.2, 0.25) is 0 Å². The van der Waals surface area contributed by atoms with Gasteiger partial charge in [0.05, 0.1) is 0 Å². The zero-order valence-corrected chi connectivity index (χ0v) is 11.3. The molecule has 3 N–H and O–H groups in total. The van der Waals surface area contributed by atoms with Crippen LogP contribution in [0, 0.1) is 6.92 Å². The predicted molar refractivity (Wildman–Crippen MR) is 78.2 cm³/mol. The SMILES string of the molecule is Cc1cccc(CCNc2ccnc(CCN)n2)c1. The molecule has 1 heterocycles. The van der Waals surface area contributed by atoms with Gasteiger partial charge in [0.2, 0.25) is 0 Å². The molecule has 100 valence electrons. The van der Waals surface area contributed by atoms with Crippen LogP contribution in [0.3, 0.4) is 0 Å². The smallest absolute Gasteiger partial charge is 0.131 e. The Balaban J connectivity index is 1.87. The minimum Gasteiger partial charge on any atom is -0.370 e. The molecule has 0 spiro atoms. The molecule has 4 heteroatoms. The fourth-order valence-electron chi connectivity index (χ4n) is 1.95. The summed E-state index contributed by atoms with van der Waals surface area (Å²) in [7, 11) is 0. The van der Waals surface area contributed by atoms with E-state index in [1.54, 1.807) is 6.20 Å². The highest BCUT2D eigenvalue weighted by Crippen LogP contribution is 2.06. The van der Waals surface area contributed by atoms with Crippen molar-refractivity contribution in [1.82, 2.24) is 9.97 Å². The van der Waals surface area contributed by atoms with Crippen molar-refractivity contribution in [2.24, 2.45) is 5.73 Å². The van der Waals surface area contributed by atoms with E-state index < -0.39 is 0 Å². The first-order valence-corrected chi connectivity index (χ1v) is 6.59. The largest absolute Gasteiger partial charge is 0.370 e. The van der Waals surface area contributed by atoms with Gasteiger partial charge in [-0.1, -0.05) is 29.8 Å². The van der Waals surface area contributed by atoms with Gasteiger partial charge in [0.25, 0.3) is 0 Å². The van der Waals surface area contributed by atoms with E-state index >= 15 is 0 Å². The number of anilines is 1. The predicted octanol–water partition coefficient (Wildman–Crippen LogP) is 1.94. The fraction of sp³-hybridized carbons (Fsp3) is 0.333. The molecule has 4 nitrogen and oxygen atoms in total. The number of nitrogens with two attached hydrogens (primary N) is 1. The molecule has 0 amide bonds. The van der Waals surface area contributed by atoms with Gasteiger partial charge in [0.1, 0.15) is 11.6 Å². The van der Waals surface area contributed by atoms with Crippen molar-refractivity contribution in [1.29, 1.82) is 0 Å². The van der Waals surface area contributed by atoms with Crippen LogP contribution in [0.15, 0.2) is 36.5 Å². The Morgan fingerprint density at radius 3 is 2.89 bits per heavy atom. The van der Waals surface area contributed by atoms with E-state index in [9.17, 15) is 0 Å². The molecule has 0 aliphatic heterocycles. The van der Waals surface area contributed by atoms with E-state index in [0.29, 0.717) is 13.0 Å². The van der Waals surface area contributed by atoms with E-state index in [2.05, 4.69) is 46.5 Å². The normalized spacial score (nSPS) is 10.4. The molecule has 2 rings (SSSR count). The summed E-state index contributed by atoms with van der Waals surface area (Å²) in [5, 5.41) is 3.32. The lowest BCUT2D eigenvalue weighted by Gasteiger charge is -2.07. The maximum atomic E-state index is 5.50. The molecule has 0 atom stereocenters. The topological polar surface area (TPSA) is 63.8 Å². The molecule has 0 unspecified atom stereocenters. The average Bonchev–Trinajstić information content (AvgIpc) is 2.40. The molecule has 0 aliphatic rings. The first-order chi connectivity index (χ1) is 9.28. The Kier molecular flexibility index (Phi) is 4.86. The number of hydrogen-bond acceptors (Lipinski definition) is 4. The van der Waals surface area contributed by atoms with Crippen LogP contribution in [0.1, 0.15) is 17.0 Å². The van der Waals surface area contributed by atoms with Crippen molar-refractivity contribution in [2.45, 2.75) is 19.8 Å². The summed E-state index contributed by atoms with van der Waals surface area (Å²) >= 11 is 0. The van der Waals surface area contributed by atoms with E-state index in [4.69, 9.17) is 5.73 Å². The number of aryl methyl sites for hydroxylation is 1. The van der Waals surface area contributed by atoms with Crippen LogP contribution >= 0.6 is 0 Å². The molecule has 0 radical (unpaired) electrons.